The van der Waals surface area contributed by atoms with Gasteiger partial charge in [0.1, 0.15) is 5.75 Å². The first kappa shape index (κ1) is 25.6. The molecule has 6 heteroatoms. The van der Waals surface area contributed by atoms with Crippen LogP contribution in [-0.2, 0) is 23.7 Å². The van der Waals surface area contributed by atoms with Crippen LogP contribution in [0.4, 0.5) is 0 Å². The van der Waals surface area contributed by atoms with E-state index in [1.54, 1.807) is 0 Å². The van der Waals surface area contributed by atoms with Crippen LogP contribution in [0.5, 0.6) is 5.75 Å². The van der Waals surface area contributed by atoms with E-state index < -0.39 is 17.5 Å². The quantitative estimate of drug-likeness (QED) is 0.411. The molecule has 0 radical (unpaired) electrons. The molecule has 9 atom stereocenters. The maximum Gasteiger partial charge on any atom is 0.316 e. The lowest BCUT2D eigenvalue weighted by atomic mass is 9.77. The second-order valence-electron chi connectivity index (χ2n) is 11.5. The van der Waals surface area contributed by atoms with Crippen molar-refractivity contribution in [3.63, 3.8) is 0 Å². The van der Waals surface area contributed by atoms with Gasteiger partial charge in [0.15, 0.2) is 11.6 Å². The van der Waals surface area contributed by atoms with E-state index in [1.807, 2.05) is 59.7 Å². The second kappa shape index (κ2) is 9.20. The van der Waals surface area contributed by atoms with Crippen molar-refractivity contribution in [2.45, 2.75) is 111 Å². The molecule has 0 aromatic heterocycles. The molecule has 3 aliphatic rings. The SMILES string of the molecule is Cc1cccc(C)c1OC(=O)[C@H](C)[C@@H]1OC(C)(C)O[C@@H]([C@@H](C)[C@@H]2O[C@@]3(C)CC[C@H](O3)[C@H]2C)[C@@H]1C. The predicted octanol–water partition coefficient (Wildman–Crippen LogP) is 5.57. The highest BCUT2D eigenvalue weighted by Gasteiger charge is 2.54. The van der Waals surface area contributed by atoms with Crippen molar-refractivity contribution in [3.05, 3.63) is 29.3 Å². The molecule has 3 heterocycles. The molecule has 1 aromatic carbocycles. The Morgan fingerprint density at radius 1 is 0.941 bits per heavy atom. The summed E-state index contributed by atoms with van der Waals surface area (Å²) in [5.41, 5.74) is 1.89. The number of aryl methyl sites for hydroxylation is 2. The monoisotopic (exact) mass is 474 g/mol. The van der Waals surface area contributed by atoms with Crippen LogP contribution in [0.25, 0.3) is 0 Å². The number of esters is 1. The van der Waals surface area contributed by atoms with Gasteiger partial charge >= 0.3 is 5.97 Å². The molecule has 190 valence electrons. The molecule has 0 spiro atoms. The normalized spacial score (nSPS) is 38.9. The van der Waals surface area contributed by atoms with Crippen molar-refractivity contribution in [3.8, 4) is 5.75 Å². The third kappa shape index (κ3) is 4.79. The number of carbonyl (C=O) groups excluding carboxylic acids is 1. The molecule has 4 rings (SSSR count). The molecule has 0 aliphatic carbocycles. The zero-order valence-electron chi connectivity index (χ0n) is 22.2. The van der Waals surface area contributed by atoms with Crippen LogP contribution in [0, 0.1) is 37.5 Å². The first-order valence-corrected chi connectivity index (χ1v) is 12.8. The van der Waals surface area contributed by atoms with E-state index in [1.165, 1.54) is 0 Å². The average Bonchev–Trinajstić information content (AvgIpc) is 3.11. The number of fused-ring (bicyclic) bond motifs is 2. The number of carbonyl (C=O) groups is 1. The van der Waals surface area contributed by atoms with Crippen LogP contribution >= 0.6 is 0 Å². The van der Waals surface area contributed by atoms with Crippen molar-refractivity contribution in [2.75, 3.05) is 0 Å². The highest BCUT2D eigenvalue weighted by atomic mass is 16.7. The highest BCUT2D eigenvalue weighted by molar-refractivity contribution is 5.76. The Balaban J connectivity index is 1.53. The summed E-state index contributed by atoms with van der Waals surface area (Å²) in [6, 6.07) is 5.88. The van der Waals surface area contributed by atoms with Crippen molar-refractivity contribution < 1.29 is 28.5 Å². The molecule has 3 aliphatic heterocycles. The molecule has 0 amide bonds. The Labute approximate surface area is 204 Å². The van der Waals surface area contributed by atoms with Gasteiger partial charge in [-0.2, -0.15) is 0 Å². The van der Waals surface area contributed by atoms with Gasteiger partial charge < -0.3 is 23.7 Å². The van der Waals surface area contributed by atoms with Crippen molar-refractivity contribution in [2.24, 2.45) is 23.7 Å². The minimum atomic E-state index is -0.819. The molecular weight excluding hydrogens is 432 g/mol. The van der Waals surface area contributed by atoms with Crippen LogP contribution in [0.1, 0.15) is 72.4 Å². The lowest BCUT2D eigenvalue weighted by Crippen LogP contribution is -2.59. The molecule has 1 aromatic rings. The van der Waals surface area contributed by atoms with Crippen LogP contribution in [0.2, 0.25) is 0 Å². The lowest BCUT2D eigenvalue weighted by molar-refractivity contribution is -0.353. The largest absolute Gasteiger partial charge is 0.426 e. The lowest BCUT2D eigenvalue weighted by Gasteiger charge is -2.51. The van der Waals surface area contributed by atoms with Gasteiger partial charge in [0.2, 0.25) is 0 Å². The molecule has 34 heavy (non-hydrogen) atoms. The summed E-state index contributed by atoms with van der Waals surface area (Å²) in [4.78, 5) is 13.3. The topological polar surface area (TPSA) is 63.2 Å². The number of rotatable bonds is 5. The Morgan fingerprint density at radius 3 is 2.18 bits per heavy atom. The molecule has 2 bridgehead atoms. The fourth-order valence-electron chi connectivity index (χ4n) is 6.20. The van der Waals surface area contributed by atoms with E-state index in [4.69, 9.17) is 23.7 Å². The minimum absolute atomic E-state index is 0.0186. The van der Waals surface area contributed by atoms with Gasteiger partial charge in [-0.15, -0.1) is 0 Å². The van der Waals surface area contributed by atoms with Crippen molar-refractivity contribution >= 4 is 5.97 Å². The molecule has 3 fully saturated rings. The fraction of sp³-hybridized carbons (Fsp3) is 0.750. The first-order valence-electron chi connectivity index (χ1n) is 12.8. The number of ether oxygens (including phenoxy) is 5. The molecule has 3 saturated heterocycles. The summed E-state index contributed by atoms with van der Waals surface area (Å²) in [6.07, 6.45) is 1.72. The van der Waals surface area contributed by atoms with Crippen LogP contribution < -0.4 is 4.74 Å². The fourth-order valence-corrected chi connectivity index (χ4v) is 6.20. The van der Waals surface area contributed by atoms with Crippen molar-refractivity contribution in [1.82, 2.24) is 0 Å². The third-order valence-corrected chi connectivity index (χ3v) is 8.16. The number of hydrogen-bond donors (Lipinski definition) is 0. The number of hydrogen-bond acceptors (Lipinski definition) is 6. The maximum absolute atomic E-state index is 13.3. The highest BCUT2D eigenvalue weighted by Crippen LogP contribution is 2.47. The van der Waals surface area contributed by atoms with E-state index in [2.05, 4.69) is 20.8 Å². The maximum atomic E-state index is 13.3. The Hall–Kier alpha value is -1.47. The Kier molecular flexibility index (Phi) is 6.93. The predicted molar refractivity (Wildman–Crippen MR) is 129 cm³/mol. The Morgan fingerprint density at radius 2 is 1.53 bits per heavy atom. The summed E-state index contributed by atoms with van der Waals surface area (Å²) < 4.78 is 31.4. The summed E-state index contributed by atoms with van der Waals surface area (Å²) >= 11 is 0. The Bertz CT molecular complexity index is 892. The van der Waals surface area contributed by atoms with Gasteiger partial charge in [-0.25, -0.2) is 0 Å². The minimum Gasteiger partial charge on any atom is -0.426 e. The molecule has 6 nitrogen and oxygen atoms in total. The summed E-state index contributed by atoms with van der Waals surface area (Å²) in [6.45, 7) is 18.2. The number of benzene rings is 1. The average molecular weight is 475 g/mol. The zero-order valence-corrected chi connectivity index (χ0v) is 22.2. The van der Waals surface area contributed by atoms with Gasteiger partial charge in [0.25, 0.3) is 0 Å². The van der Waals surface area contributed by atoms with Crippen LogP contribution in [0.3, 0.4) is 0 Å². The smallest absolute Gasteiger partial charge is 0.316 e. The summed E-state index contributed by atoms with van der Waals surface area (Å²) in [5, 5.41) is 0. The van der Waals surface area contributed by atoms with Crippen LogP contribution in [-0.4, -0.2) is 42.0 Å². The van der Waals surface area contributed by atoms with Crippen molar-refractivity contribution in [1.29, 1.82) is 0 Å². The van der Waals surface area contributed by atoms with E-state index in [0.717, 1.165) is 24.0 Å². The molecule has 0 saturated carbocycles. The van der Waals surface area contributed by atoms with E-state index in [-0.39, 0.29) is 48.1 Å². The van der Waals surface area contributed by atoms with E-state index in [9.17, 15) is 4.79 Å². The molecule has 0 N–H and O–H groups in total. The van der Waals surface area contributed by atoms with E-state index in [0.29, 0.717) is 5.75 Å². The molecular formula is C28H42O6. The van der Waals surface area contributed by atoms with Gasteiger partial charge in [-0.05, 0) is 59.1 Å². The number of para-hydroxylation sites is 1. The van der Waals surface area contributed by atoms with Gasteiger partial charge in [-0.1, -0.05) is 39.0 Å². The van der Waals surface area contributed by atoms with Gasteiger partial charge in [0, 0.05) is 24.2 Å². The van der Waals surface area contributed by atoms with Gasteiger partial charge in [0.05, 0.1) is 30.3 Å². The molecule has 0 unspecified atom stereocenters. The summed E-state index contributed by atoms with van der Waals surface area (Å²) in [7, 11) is 0. The first-order chi connectivity index (χ1) is 15.8. The van der Waals surface area contributed by atoms with E-state index >= 15 is 0 Å². The standard InChI is InChI=1S/C28H42O6/c1-15-11-10-12-16(2)22(15)30-26(29)20(6)25-19(5)24(32-27(7,8)33-25)18(4)23-17(3)21-13-14-28(9,31-21)34-23/h10-12,17-21,23-25H,13-14H2,1-9H3/t17-,18+,19+,20-,21+,23-,24+,25-,28+/m1/s1. The second-order valence-corrected chi connectivity index (χ2v) is 11.5. The third-order valence-electron chi connectivity index (χ3n) is 8.16. The van der Waals surface area contributed by atoms with Crippen LogP contribution in [0.15, 0.2) is 18.2 Å². The zero-order chi connectivity index (χ0) is 25.0. The van der Waals surface area contributed by atoms with Gasteiger partial charge in [-0.3, -0.25) is 4.79 Å². The summed E-state index contributed by atoms with van der Waals surface area (Å²) in [5.74, 6) is -1.06.